The fourth-order valence-corrected chi connectivity index (χ4v) is 3.97. The summed E-state index contributed by atoms with van der Waals surface area (Å²) in [6.07, 6.45) is 2.35. The normalized spacial score (nSPS) is 23.6. The molecule has 0 unspecified atom stereocenters. The van der Waals surface area contributed by atoms with Gasteiger partial charge in [-0.2, -0.15) is 0 Å². The van der Waals surface area contributed by atoms with E-state index in [0.29, 0.717) is 12.0 Å². The minimum atomic E-state index is 0.525. The van der Waals surface area contributed by atoms with E-state index in [-0.39, 0.29) is 0 Å². The molecule has 0 bridgehead atoms. The van der Waals surface area contributed by atoms with Crippen molar-refractivity contribution >= 4 is 15.9 Å². The number of hydrogen-bond donors (Lipinski definition) is 1. The van der Waals surface area contributed by atoms with Crippen LogP contribution in [-0.2, 0) is 4.74 Å². The van der Waals surface area contributed by atoms with E-state index in [2.05, 4.69) is 50.4 Å². The van der Waals surface area contributed by atoms with E-state index in [1.807, 2.05) is 0 Å². The highest BCUT2D eigenvalue weighted by molar-refractivity contribution is 9.10. The fourth-order valence-electron chi connectivity index (χ4n) is 3.46. The molecular formula is C16H23BrN2O. The van der Waals surface area contributed by atoms with Crippen LogP contribution >= 0.6 is 15.9 Å². The van der Waals surface area contributed by atoms with Crippen LogP contribution in [0.5, 0.6) is 0 Å². The lowest BCUT2D eigenvalue weighted by molar-refractivity contribution is 0.0211. The van der Waals surface area contributed by atoms with Crippen LogP contribution in [-0.4, -0.2) is 44.3 Å². The number of nitrogens with zero attached hydrogens (tertiary/aromatic N) is 1. The van der Waals surface area contributed by atoms with Crippen molar-refractivity contribution in [2.45, 2.75) is 18.9 Å². The van der Waals surface area contributed by atoms with Crippen LogP contribution in [0.4, 0.5) is 0 Å². The minimum absolute atomic E-state index is 0.525. The van der Waals surface area contributed by atoms with E-state index in [4.69, 9.17) is 4.74 Å². The Hall–Kier alpha value is -0.420. The van der Waals surface area contributed by atoms with Crippen LogP contribution in [0.15, 0.2) is 28.7 Å². The Balaban J connectivity index is 1.87. The summed E-state index contributed by atoms with van der Waals surface area (Å²) in [5.74, 6) is 0.709. The van der Waals surface area contributed by atoms with Crippen molar-refractivity contribution in [1.29, 1.82) is 0 Å². The molecule has 2 aliphatic heterocycles. The zero-order valence-corrected chi connectivity index (χ0v) is 13.4. The number of hydrogen-bond acceptors (Lipinski definition) is 3. The van der Waals surface area contributed by atoms with Gasteiger partial charge in [0, 0.05) is 49.9 Å². The number of ether oxygens (including phenoxy) is 1. The third-order valence-electron chi connectivity index (χ3n) is 4.48. The van der Waals surface area contributed by atoms with Gasteiger partial charge in [-0.05, 0) is 30.4 Å². The maximum Gasteiger partial charge on any atom is 0.0469 e. The van der Waals surface area contributed by atoms with E-state index in [0.717, 1.165) is 39.4 Å². The Bertz CT molecular complexity index is 410. The van der Waals surface area contributed by atoms with Crippen molar-refractivity contribution in [2.24, 2.45) is 5.92 Å². The SMILES string of the molecule is Brc1ccccc1[C@H](C1CCOCC1)N1CCNCC1. The molecule has 0 radical (unpaired) electrons. The molecule has 2 heterocycles. The predicted molar refractivity (Wildman–Crippen MR) is 84.9 cm³/mol. The van der Waals surface area contributed by atoms with Gasteiger partial charge >= 0.3 is 0 Å². The highest BCUT2D eigenvalue weighted by Gasteiger charge is 2.32. The van der Waals surface area contributed by atoms with Crippen molar-refractivity contribution < 1.29 is 4.74 Å². The maximum atomic E-state index is 5.56. The third-order valence-corrected chi connectivity index (χ3v) is 5.20. The largest absolute Gasteiger partial charge is 0.381 e. The summed E-state index contributed by atoms with van der Waals surface area (Å²) in [6, 6.07) is 9.24. The van der Waals surface area contributed by atoms with Gasteiger partial charge in [-0.1, -0.05) is 34.1 Å². The van der Waals surface area contributed by atoms with Crippen LogP contribution < -0.4 is 5.32 Å². The van der Waals surface area contributed by atoms with E-state index in [1.165, 1.54) is 22.9 Å². The van der Waals surface area contributed by atoms with Crippen molar-refractivity contribution in [3.63, 3.8) is 0 Å². The Morgan fingerprint density at radius 3 is 2.55 bits per heavy atom. The molecule has 3 rings (SSSR count). The van der Waals surface area contributed by atoms with Crippen LogP contribution in [0.3, 0.4) is 0 Å². The lowest BCUT2D eigenvalue weighted by atomic mass is 9.85. The van der Waals surface area contributed by atoms with E-state index < -0.39 is 0 Å². The number of rotatable bonds is 3. The number of piperazine rings is 1. The van der Waals surface area contributed by atoms with E-state index >= 15 is 0 Å². The first kappa shape index (κ1) is 14.5. The van der Waals surface area contributed by atoms with Gasteiger partial charge in [-0.25, -0.2) is 0 Å². The Morgan fingerprint density at radius 1 is 1.15 bits per heavy atom. The van der Waals surface area contributed by atoms with Crippen molar-refractivity contribution in [3.8, 4) is 0 Å². The van der Waals surface area contributed by atoms with Gasteiger partial charge in [-0.15, -0.1) is 0 Å². The molecule has 0 saturated carbocycles. The number of benzene rings is 1. The zero-order chi connectivity index (χ0) is 13.8. The Labute approximate surface area is 129 Å². The van der Waals surface area contributed by atoms with Gasteiger partial charge in [0.2, 0.25) is 0 Å². The second-order valence-corrected chi connectivity index (χ2v) is 6.56. The maximum absolute atomic E-state index is 5.56. The van der Waals surface area contributed by atoms with Crippen LogP contribution in [0.2, 0.25) is 0 Å². The molecule has 3 nitrogen and oxygen atoms in total. The first-order chi connectivity index (χ1) is 9.86. The molecule has 1 aromatic rings. The summed E-state index contributed by atoms with van der Waals surface area (Å²) in [5.41, 5.74) is 1.45. The minimum Gasteiger partial charge on any atom is -0.381 e. The van der Waals surface area contributed by atoms with Gasteiger partial charge in [0.1, 0.15) is 0 Å². The molecule has 4 heteroatoms. The van der Waals surface area contributed by atoms with E-state index in [1.54, 1.807) is 0 Å². The van der Waals surface area contributed by atoms with Crippen LogP contribution in [0, 0.1) is 5.92 Å². The molecule has 20 heavy (non-hydrogen) atoms. The quantitative estimate of drug-likeness (QED) is 0.917. The fraction of sp³-hybridized carbons (Fsp3) is 0.625. The second kappa shape index (κ2) is 7.03. The van der Waals surface area contributed by atoms with E-state index in [9.17, 15) is 0 Å². The number of nitrogens with one attached hydrogen (secondary N) is 1. The molecule has 0 amide bonds. The zero-order valence-electron chi connectivity index (χ0n) is 11.9. The van der Waals surface area contributed by atoms with Crippen molar-refractivity contribution in [3.05, 3.63) is 34.3 Å². The average molecular weight is 339 g/mol. The molecule has 0 aliphatic carbocycles. The lowest BCUT2D eigenvalue weighted by Crippen LogP contribution is -2.47. The molecule has 0 aromatic heterocycles. The molecule has 110 valence electrons. The second-order valence-electron chi connectivity index (χ2n) is 5.70. The molecule has 1 aromatic carbocycles. The predicted octanol–water partition coefficient (Wildman–Crippen LogP) is 2.82. The molecule has 0 spiro atoms. The topological polar surface area (TPSA) is 24.5 Å². The summed E-state index contributed by atoms with van der Waals surface area (Å²) in [4.78, 5) is 2.66. The van der Waals surface area contributed by atoms with Crippen molar-refractivity contribution in [2.75, 3.05) is 39.4 Å². The average Bonchev–Trinajstić information content (AvgIpc) is 2.52. The molecule has 2 saturated heterocycles. The van der Waals surface area contributed by atoms with Gasteiger partial charge in [0.15, 0.2) is 0 Å². The summed E-state index contributed by atoms with van der Waals surface area (Å²) < 4.78 is 6.81. The highest BCUT2D eigenvalue weighted by atomic mass is 79.9. The molecule has 1 atom stereocenters. The Kier molecular flexibility index (Phi) is 5.10. The summed E-state index contributed by atoms with van der Waals surface area (Å²) in [7, 11) is 0. The Morgan fingerprint density at radius 2 is 1.85 bits per heavy atom. The van der Waals surface area contributed by atoms with Gasteiger partial charge in [0.25, 0.3) is 0 Å². The molecule has 2 fully saturated rings. The summed E-state index contributed by atoms with van der Waals surface area (Å²) in [6.45, 7) is 6.32. The molecule has 2 aliphatic rings. The standard InChI is InChI=1S/C16H23BrN2O/c17-15-4-2-1-3-14(15)16(13-5-11-20-12-6-13)19-9-7-18-8-10-19/h1-4,13,16,18H,5-12H2/t16-/m0/s1. The van der Waals surface area contributed by atoms with Gasteiger partial charge in [-0.3, -0.25) is 4.90 Å². The highest BCUT2D eigenvalue weighted by Crippen LogP contribution is 2.38. The monoisotopic (exact) mass is 338 g/mol. The van der Waals surface area contributed by atoms with Gasteiger partial charge in [0.05, 0.1) is 0 Å². The lowest BCUT2D eigenvalue weighted by Gasteiger charge is -2.41. The summed E-state index contributed by atoms with van der Waals surface area (Å²) in [5, 5.41) is 3.46. The third kappa shape index (κ3) is 3.25. The number of halogens is 1. The first-order valence-electron chi connectivity index (χ1n) is 7.63. The van der Waals surface area contributed by atoms with Crippen LogP contribution in [0.1, 0.15) is 24.4 Å². The van der Waals surface area contributed by atoms with Crippen molar-refractivity contribution in [1.82, 2.24) is 10.2 Å². The van der Waals surface area contributed by atoms with Gasteiger partial charge < -0.3 is 10.1 Å². The molecule has 1 N–H and O–H groups in total. The molecular weight excluding hydrogens is 316 g/mol. The van der Waals surface area contributed by atoms with Crippen LogP contribution in [0.25, 0.3) is 0 Å². The first-order valence-corrected chi connectivity index (χ1v) is 8.42. The smallest absolute Gasteiger partial charge is 0.0469 e. The summed E-state index contributed by atoms with van der Waals surface area (Å²) >= 11 is 3.76.